The maximum Gasteiger partial charge on any atom is 0.328 e. The smallest absolute Gasteiger partial charge is 0.328 e. The SMILES string of the molecule is COC(=O)[C@H](CCC(=O)O)NC(=O)Cc1cc(F)cc(F)c1. The van der Waals surface area contributed by atoms with Crippen LogP contribution in [0.5, 0.6) is 0 Å². The second-order valence-electron chi connectivity index (χ2n) is 4.53. The van der Waals surface area contributed by atoms with E-state index in [0.717, 1.165) is 19.2 Å². The van der Waals surface area contributed by atoms with E-state index in [4.69, 9.17) is 5.11 Å². The van der Waals surface area contributed by atoms with Gasteiger partial charge in [0.05, 0.1) is 13.5 Å². The summed E-state index contributed by atoms with van der Waals surface area (Å²) >= 11 is 0. The minimum atomic E-state index is -1.13. The van der Waals surface area contributed by atoms with Crippen LogP contribution in [0.4, 0.5) is 8.78 Å². The number of ether oxygens (including phenoxy) is 1. The molecule has 0 aliphatic heterocycles. The van der Waals surface area contributed by atoms with E-state index in [-0.39, 0.29) is 24.8 Å². The predicted molar refractivity (Wildman–Crippen MR) is 70.9 cm³/mol. The molecule has 1 amide bonds. The summed E-state index contributed by atoms with van der Waals surface area (Å²) in [6.07, 6.45) is -0.838. The van der Waals surface area contributed by atoms with Gasteiger partial charge in [-0.05, 0) is 24.1 Å². The lowest BCUT2D eigenvalue weighted by atomic mass is 10.1. The first-order valence-corrected chi connectivity index (χ1v) is 6.35. The van der Waals surface area contributed by atoms with Gasteiger partial charge in [0.15, 0.2) is 0 Å². The van der Waals surface area contributed by atoms with Crippen LogP contribution in [0.3, 0.4) is 0 Å². The predicted octanol–water partition coefficient (Wildman–Crippen LogP) is 1.03. The third-order valence-electron chi connectivity index (χ3n) is 2.75. The first-order valence-electron chi connectivity index (χ1n) is 6.35. The first-order chi connectivity index (χ1) is 10.3. The molecule has 6 nitrogen and oxygen atoms in total. The maximum atomic E-state index is 13.0. The van der Waals surface area contributed by atoms with Crippen LogP contribution in [0.25, 0.3) is 0 Å². The van der Waals surface area contributed by atoms with Gasteiger partial charge in [0, 0.05) is 12.5 Å². The quantitative estimate of drug-likeness (QED) is 0.733. The van der Waals surface area contributed by atoms with Gasteiger partial charge in [-0.25, -0.2) is 13.6 Å². The van der Waals surface area contributed by atoms with E-state index in [1.165, 1.54) is 0 Å². The average Bonchev–Trinajstić information content (AvgIpc) is 2.41. The highest BCUT2D eigenvalue weighted by atomic mass is 19.1. The molecule has 0 bridgehead atoms. The van der Waals surface area contributed by atoms with E-state index in [2.05, 4.69) is 10.1 Å². The Labute approximate surface area is 125 Å². The summed E-state index contributed by atoms with van der Waals surface area (Å²) in [5.74, 6) is -4.24. The van der Waals surface area contributed by atoms with Crippen LogP contribution in [0.2, 0.25) is 0 Å². The standard InChI is InChI=1S/C14H15F2NO5/c1-22-14(21)11(2-3-13(19)20)17-12(18)6-8-4-9(15)7-10(16)5-8/h4-5,7,11H,2-3,6H2,1H3,(H,17,18)(H,19,20)/t11-/m0/s1. The number of carboxylic acids is 1. The van der Waals surface area contributed by atoms with Crippen molar-refractivity contribution in [3.63, 3.8) is 0 Å². The molecule has 2 N–H and O–H groups in total. The summed E-state index contributed by atoms with van der Waals surface area (Å²) in [7, 11) is 1.10. The largest absolute Gasteiger partial charge is 0.481 e. The summed E-state index contributed by atoms with van der Waals surface area (Å²) in [5, 5.41) is 10.9. The van der Waals surface area contributed by atoms with Gasteiger partial charge < -0.3 is 15.2 Å². The topological polar surface area (TPSA) is 92.7 Å². The number of nitrogens with one attached hydrogen (secondary N) is 1. The van der Waals surface area contributed by atoms with Crippen LogP contribution >= 0.6 is 0 Å². The Morgan fingerprint density at radius 1 is 1.23 bits per heavy atom. The van der Waals surface area contributed by atoms with Crippen LogP contribution in [-0.2, 0) is 25.5 Å². The first kappa shape index (κ1) is 17.5. The maximum absolute atomic E-state index is 13.0. The number of aliphatic carboxylic acids is 1. The second kappa shape index (κ2) is 8.06. The van der Waals surface area contributed by atoms with Gasteiger partial charge in [-0.3, -0.25) is 9.59 Å². The fraction of sp³-hybridized carbons (Fsp3) is 0.357. The van der Waals surface area contributed by atoms with Crippen molar-refractivity contribution >= 4 is 17.8 Å². The van der Waals surface area contributed by atoms with Crippen molar-refractivity contribution in [1.29, 1.82) is 0 Å². The van der Waals surface area contributed by atoms with Gasteiger partial charge in [0.2, 0.25) is 5.91 Å². The summed E-state index contributed by atoms with van der Waals surface area (Å²) in [5.41, 5.74) is 0.0943. The Morgan fingerprint density at radius 2 is 1.82 bits per heavy atom. The van der Waals surface area contributed by atoms with Gasteiger partial charge in [-0.15, -0.1) is 0 Å². The van der Waals surface area contributed by atoms with Crippen molar-refractivity contribution < 1.29 is 33.0 Å². The second-order valence-corrected chi connectivity index (χ2v) is 4.53. The van der Waals surface area contributed by atoms with E-state index >= 15 is 0 Å². The summed E-state index contributed by atoms with van der Waals surface area (Å²) in [6.45, 7) is 0. The van der Waals surface area contributed by atoms with Crippen molar-refractivity contribution in [2.75, 3.05) is 7.11 Å². The van der Waals surface area contributed by atoms with Gasteiger partial charge in [-0.2, -0.15) is 0 Å². The Kier molecular flexibility index (Phi) is 6.43. The number of benzene rings is 1. The number of carboxylic acid groups (broad SMARTS) is 1. The highest BCUT2D eigenvalue weighted by molar-refractivity contribution is 5.86. The zero-order valence-electron chi connectivity index (χ0n) is 11.8. The van der Waals surface area contributed by atoms with Crippen LogP contribution in [0.1, 0.15) is 18.4 Å². The van der Waals surface area contributed by atoms with E-state index in [9.17, 15) is 23.2 Å². The number of halogens is 2. The molecule has 0 saturated heterocycles. The molecule has 0 saturated carbocycles. The number of hydrogen-bond donors (Lipinski definition) is 2. The number of carbonyl (C=O) groups excluding carboxylic acids is 2. The molecule has 22 heavy (non-hydrogen) atoms. The van der Waals surface area contributed by atoms with Crippen LogP contribution in [-0.4, -0.2) is 36.1 Å². The molecular weight excluding hydrogens is 300 g/mol. The molecule has 120 valence electrons. The number of amides is 1. The van der Waals surface area contributed by atoms with Gasteiger partial charge in [0.25, 0.3) is 0 Å². The Bertz CT molecular complexity index is 556. The normalized spacial score (nSPS) is 11.6. The molecule has 1 atom stereocenters. The lowest BCUT2D eigenvalue weighted by molar-refractivity contribution is -0.145. The van der Waals surface area contributed by atoms with Gasteiger partial charge in [0.1, 0.15) is 17.7 Å². The van der Waals surface area contributed by atoms with Crippen LogP contribution in [0, 0.1) is 11.6 Å². The van der Waals surface area contributed by atoms with Gasteiger partial charge in [-0.1, -0.05) is 0 Å². The number of methoxy groups -OCH3 is 1. The average molecular weight is 315 g/mol. The van der Waals surface area contributed by atoms with Crippen molar-refractivity contribution in [3.05, 3.63) is 35.4 Å². The van der Waals surface area contributed by atoms with E-state index in [1.54, 1.807) is 0 Å². The van der Waals surface area contributed by atoms with E-state index in [1.807, 2.05) is 0 Å². The molecular formula is C14H15F2NO5. The fourth-order valence-electron chi connectivity index (χ4n) is 1.80. The fourth-order valence-corrected chi connectivity index (χ4v) is 1.80. The van der Waals surface area contributed by atoms with Crippen molar-refractivity contribution in [1.82, 2.24) is 5.32 Å². The zero-order valence-corrected chi connectivity index (χ0v) is 11.8. The molecule has 8 heteroatoms. The van der Waals surface area contributed by atoms with Crippen LogP contribution < -0.4 is 5.32 Å². The van der Waals surface area contributed by atoms with Crippen molar-refractivity contribution in [2.45, 2.75) is 25.3 Å². The lowest BCUT2D eigenvalue weighted by Gasteiger charge is -2.15. The molecule has 0 fully saturated rings. The van der Waals surface area contributed by atoms with Crippen LogP contribution in [0.15, 0.2) is 18.2 Å². The molecule has 0 heterocycles. The third-order valence-corrected chi connectivity index (χ3v) is 2.75. The minimum Gasteiger partial charge on any atom is -0.481 e. The van der Waals surface area contributed by atoms with E-state index in [0.29, 0.717) is 6.07 Å². The highest BCUT2D eigenvalue weighted by Gasteiger charge is 2.22. The number of hydrogen-bond acceptors (Lipinski definition) is 4. The van der Waals surface area contributed by atoms with Crippen molar-refractivity contribution in [3.8, 4) is 0 Å². The van der Waals surface area contributed by atoms with Crippen molar-refractivity contribution in [2.24, 2.45) is 0 Å². The Balaban J connectivity index is 2.69. The summed E-state index contributed by atoms with van der Waals surface area (Å²) in [6, 6.07) is 1.53. The molecule has 1 aromatic carbocycles. The number of carbonyl (C=O) groups is 3. The zero-order chi connectivity index (χ0) is 16.7. The Morgan fingerprint density at radius 3 is 2.32 bits per heavy atom. The molecule has 1 rings (SSSR count). The third kappa shape index (κ3) is 5.86. The molecule has 1 aromatic rings. The number of rotatable bonds is 7. The Hall–Kier alpha value is -2.51. The minimum absolute atomic E-state index is 0.0943. The summed E-state index contributed by atoms with van der Waals surface area (Å²) in [4.78, 5) is 33.8. The number of esters is 1. The monoisotopic (exact) mass is 315 g/mol. The highest BCUT2D eigenvalue weighted by Crippen LogP contribution is 2.09. The lowest BCUT2D eigenvalue weighted by Crippen LogP contribution is -2.42. The molecule has 0 aromatic heterocycles. The molecule has 0 aliphatic carbocycles. The van der Waals surface area contributed by atoms with Gasteiger partial charge >= 0.3 is 11.9 Å². The molecule has 0 radical (unpaired) electrons. The molecule has 0 spiro atoms. The molecule has 0 unspecified atom stereocenters. The molecule has 0 aliphatic rings. The van der Waals surface area contributed by atoms with E-state index < -0.39 is 35.5 Å². The summed E-state index contributed by atoms with van der Waals surface area (Å²) < 4.78 is 30.5.